The van der Waals surface area contributed by atoms with Crippen molar-refractivity contribution in [2.75, 3.05) is 0 Å². The lowest BCUT2D eigenvalue weighted by atomic mass is 10.2. The molecule has 0 spiro atoms. The summed E-state index contributed by atoms with van der Waals surface area (Å²) >= 11 is 0. The summed E-state index contributed by atoms with van der Waals surface area (Å²) in [5.41, 5.74) is 0.643. The van der Waals surface area contributed by atoms with Crippen LogP contribution in [0.1, 0.15) is 20.8 Å². The van der Waals surface area contributed by atoms with E-state index in [1.165, 1.54) is 0 Å². The van der Waals surface area contributed by atoms with E-state index < -0.39 is 9.76 Å². The Morgan fingerprint density at radius 3 is 2.55 bits per heavy atom. The number of allylic oxidation sites excluding steroid dienone is 1. The van der Waals surface area contributed by atoms with Crippen LogP contribution in [0.2, 0.25) is 6.04 Å². The molecular formula is C8H16O2Si. The average Bonchev–Trinajstić information content (AvgIpc) is 1.86. The fraction of sp³-hybridized carbons (Fsp3) is 0.625. The van der Waals surface area contributed by atoms with E-state index in [4.69, 9.17) is 4.43 Å². The Kier molecular flexibility index (Phi) is 5.07. The molecule has 0 N–H and O–H groups in total. The fourth-order valence-electron chi connectivity index (χ4n) is 0.601. The third kappa shape index (κ3) is 6.00. The van der Waals surface area contributed by atoms with Crippen molar-refractivity contribution >= 4 is 15.5 Å². The molecule has 0 heterocycles. The molecule has 0 aromatic heterocycles. The van der Waals surface area contributed by atoms with E-state index in [-0.39, 0.29) is 11.9 Å². The van der Waals surface area contributed by atoms with Crippen molar-refractivity contribution < 1.29 is 9.22 Å². The molecule has 0 saturated carbocycles. The topological polar surface area (TPSA) is 26.3 Å². The summed E-state index contributed by atoms with van der Waals surface area (Å²) in [4.78, 5) is 11.0. The SMILES string of the molecule is C=C(C)C(=O)C[SiH2]OC(C)C. The zero-order valence-electron chi connectivity index (χ0n) is 7.52. The van der Waals surface area contributed by atoms with E-state index in [2.05, 4.69) is 6.58 Å². The Bertz CT molecular complexity index is 152. The van der Waals surface area contributed by atoms with Crippen molar-refractivity contribution in [3.8, 4) is 0 Å². The zero-order chi connectivity index (χ0) is 8.85. The van der Waals surface area contributed by atoms with Gasteiger partial charge in [-0.15, -0.1) is 0 Å². The second-order valence-electron chi connectivity index (χ2n) is 2.87. The van der Waals surface area contributed by atoms with Gasteiger partial charge in [0.25, 0.3) is 0 Å². The van der Waals surface area contributed by atoms with Crippen molar-refractivity contribution in [3.05, 3.63) is 12.2 Å². The van der Waals surface area contributed by atoms with E-state index in [1.807, 2.05) is 13.8 Å². The predicted molar refractivity (Wildman–Crippen MR) is 49.4 cm³/mol. The first-order valence-corrected chi connectivity index (χ1v) is 5.42. The summed E-state index contributed by atoms with van der Waals surface area (Å²) in [6.07, 6.45) is 0.264. The maximum absolute atomic E-state index is 11.0. The van der Waals surface area contributed by atoms with Crippen LogP contribution in [-0.2, 0) is 9.22 Å². The minimum absolute atomic E-state index is 0.150. The lowest BCUT2D eigenvalue weighted by Crippen LogP contribution is -2.11. The first-order valence-electron chi connectivity index (χ1n) is 3.84. The molecule has 3 heteroatoms. The predicted octanol–water partition coefficient (Wildman–Crippen LogP) is 1.06. The van der Waals surface area contributed by atoms with Crippen LogP contribution >= 0.6 is 0 Å². The number of Topliss-reactive ketones (excluding diaryl/α,β-unsaturated/α-hetero) is 1. The highest BCUT2D eigenvalue weighted by Gasteiger charge is 2.02. The molecule has 2 nitrogen and oxygen atoms in total. The molecule has 0 radical (unpaired) electrons. The van der Waals surface area contributed by atoms with E-state index in [1.54, 1.807) is 6.92 Å². The highest BCUT2D eigenvalue weighted by Crippen LogP contribution is 1.96. The van der Waals surface area contributed by atoms with Crippen LogP contribution in [0.3, 0.4) is 0 Å². The van der Waals surface area contributed by atoms with Crippen LogP contribution in [0.25, 0.3) is 0 Å². The molecule has 0 rings (SSSR count). The van der Waals surface area contributed by atoms with Gasteiger partial charge in [-0.05, 0) is 26.3 Å². The van der Waals surface area contributed by atoms with Gasteiger partial charge in [0, 0.05) is 12.1 Å². The normalized spacial score (nSPS) is 11.3. The van der Waals surface area contributed by atoms with Crippen LogP contribution in [-0.4, -0.2) is 21.7 Å². The number of rotatable bonds is 5. The molecule has 0 aliphatic rings. The maximum Gasteiger partial charge on any atom is 0.169 e. The molecular weight excluding hydrogens is 156 g/mol. The van der Waals surface area contributed by atoms with Crippen molar-refractivity contribution in [1.29, 1.82) is 0 Å². The zero-order valence-corrected chi connectivity index (χ0v) is 8.93. The van der Waals surface area contributed by atoms with E-state index in [0.717, 1.165) is 0 Å². The highest BCUT2D eigenvalue weighted by atomic mass is 28.2. The monoisotopic (exact) mass is 172 g/mol. The van der Waals surface area contributed by atoms with Gasteiger partial charge in [-0.2, -0.15) is 0 Å². The lowest BCUT2D eigenvalue weighted by molar-refractivity contribution is -0.113. The largest absolute Gasteiger partial charge is 0.421 e. The Balaban J connectivity index is 3.40. The quantitative estimate of drug-likeness (QED) is 0.458. The summed E-state index contributed by atoms with van der Waals surface area (Å²) in [7, 11) is -0.637. The molecule has 0 amide bonds. The van der Waals surface area contributed by atoms with Crippen molar-refractivity contribution in [2.24, 2.45) is 0 Å². The van der Waals surface area contributed by atoms with Crippen LogP contribution in [0.4, 0.5) is 0 Å². The molecule has 0 saturated heterocycles. The van der Waals surface area contributed by atoms with Crippen LogP contribution in [0, 0.1) is 0 Å². The number of carbonyl (C=O) groups is 1. The number of carbonyl (C=O) groups excluding carboxylic acids is 1. The third-order valence-corrected chi connectivity index (χ3v) is 2.82. The fourth-order valence-corrected chi connectivity index (χ4v) is 1.80. The number of ketones is 1. The Hall–Kier alpha value is -0.413. The molecule has 0 aliphatic carbocycles. The molecule has 0 unspecified atom stereocenters. The molecule has 11 heavy (non-hydrogen) atoms. The number of hydrogen-bond donors (Lipinski definition) is 0. The van der Waals surface area contributed by atoms with Gasteiger partial charge >= 0.3 is 0 Å². The molecule has 64 valence electrons. The second kappa shape index (κ2) is 5.27. The molecule has 0 atom stereocenters. The third-order valence-electron chi connectivity index (χ3n) is 1.26. The standard InChI is InChI=1S/C8H16O2Si/c1-6(2)8(9)5-11-10-7(3)4/h7H,1,5,11H2,2-4H3. The summed E-state index contributed by atoms with van der Waals surface area (Å²) in [5.74, 6) is 0.150. The van der Waals surface area contributed by atoms with Gasteiger partial charge in [0.05, 0.1) is 0 Å². The summed E-state index contributed by atoms with van der Waals surface area (Å²) in [6.45, 7) is 9.28. The molecule has 0 fully saturated rings. The van der Waals surface area contributed by atoms with Crippen molar-refractivity contribution in [3.63, 3.8) is 0 Å². The Labute approximate surface area is 70.6 Å². The maximum atomic E-state index is 11.0. The van der Waals surface area contributed by atoms with Gasteiger partial charge in [-0.3, -0.25) is 4.79 Å². The Morgan fingerprint density at radius 2 is 2.18 bits per heavy atom. The average molecular weight is 172 g/mol. The minimum Gasteiger partial charge on any atom is -0.421 e. The van der Waals surface area contributed by atoms with Crippen LogP contribution in [0.5, 0.6) is 0 Å². The minimum atomic E-state index is -0.637. The van der Waals surface area contributed by atoms with Gasteiger partial charge in [0.2, 0.25) is 0 Å². The van der Waals surface area contributed by atoms with E-state index in [0.29, 0.717) is 11.6 Å². The molecule has 0 aromatic carbocycles. The van der Waals surface area contributed by atoms with Gasteiger partial charge in [-0.1, -0.05) is 6.58 Å². The molecule has 0 bridgehead atoms. The van der Waals surface area contributed by atoms with Crippen molar-refractivity contribution in [2.45, 2.75) is 32.9 Å². The van der Waals surface area contributed by atoms with Crippen molar-refractivity contribution in [1.82, 2.24) is 0 Å². The summed E-state index contributed by atoms with van der Waals surface area (Å²) < 4.78 is 5.34. The lowest BCUT2D eigenvalue weighted by Gasteiger charge is -2.05. The van der Waals surface area contributed by atoms with Crippen LogP contribution < -0.4 is 0 Å². The Morgan fingerprint density at radius 1 is 1.64 bits per heavy atom. The van der Waals surface area contributed by atoms with Crippen LogP contribution in [0.15, 0.2) is 12.2 Å². The van der Waals surface area contributed by atoms with E-state index in [9.17, 15) is 4.79 Å². The first kappa shape index (κ1) is 10.6. The smallest absolute Gasteiger partial charge is 0.169 e. The first-order chi connectivity index (χ1) is 5.04. The highest BCUT2D eigenvalue weighted by molar-refractivity contribution is 6.36. The van der Waals surface area contributed by atoms with E-state index >= 15 is 0 Å². The van der Waals surface area contributed by atoms with Gasteiger partial charge in [0.1, 0.15) is 0 Å². The molecule has 0 aliphatic heterocycles. The second-order valence-corrected chi connectivity index (χ2v) is 4.11. The molecule has 0 aromatic rings. The number of hydrogen-bond acceptors (Lipinski definition) is 2. The van der Waals surface area contributed by atoms with Gasteiger partial charge < -0.3 is 4.43 Å². The summed E-state index contributed by atoms with van der Waals surface area (Å²) in [6, 6.07) is 0.591. The van der Waals surface area contributed by atoms with Gasteiger partial charge in [0.15, 0.2) is 15.5 Å². The van der Waals surface area contributed by atoms with Gasteiger partial charge in [-0.25, -0.2) is 0 Å². The summed E-state index contributed by atoms with van der Waals surface area (Å²) in [5, 5.41) is 0.